The van der Waals surface area contributed by atoms with Gasteiger partial charge in [0.2, 0.25) is 0 Å². The van der Waals surface area contributed by atoms with Crippen molar-refractivity contribution >= 4 is 0 Å². The number of hydrogen-bond donors (Lipinski definition) is 0. The largest absolute Gasteiger partial charge is 0.300 e. The minimum absolute atomic E-state index is 0.752. The van der Waals surface area contributed by atoms with Gasteiger partial charge in [-0.2, -0.15) is 0 Å². The van der Waals surface area contributed by atoms with Crippen LogP contribution in [0.25, 0.3) is 0 Å². The first-order valence-electron chi connectivity index (χ1n) is 5.96. The van der Waals surface area contributed by atoms with Gasteiger partial charge in [0.25, 0.3) is 0 Å². The van der Waals surface area contributed by atoms with Crippen LogP contribution in [0, 0.1) is 5.41 Å². The van der Waals surface area contributed by atoms with E-state index >= 15 is 0 Å². The van der Waals surface area contributed by atoms with E-state index in [1.54, 1.807) is 0 Å². The number of rotatable bonds is 1. The molecule has 2 rings (SSSR count). The van der Waals surface area contributed by atoms with Gasteiger partial charge in [-0.15, -0.1) is 0 Å². The Morgan fingerprint density at radius 2 is 1.69 bits per heavy atom. The highest BCUT2D eigenvalue weighted by molar-refractivity contribution is 4.92. The standard InChI is InChI=1S/C12H23N/c1-11(2)13-9-8-12(10-13)6-4-3-5-7-12/h11H,3-10H2,1-2H3. The van der Waals surface area contributed by atoms with E-state index in [0.29, 0.717) is 0 Å². The summed E-state index contributed by atoms with van der Waals surface area (Å²) in [6.07, 6.45) is 8.97. The SMILES string of the molecule is CC(C)N1CCC2(CCCCC2)C1. The average Bonchev–Trinajstić information content (AvgIpc) is 2.51. The van der Waals surface area contributed by atoms with Gasteiger partial charge in [0.15, 0.2) is 0 Å². The normalized spacial score (nSPS) is 28.8. The summed E-state index contributed by atoms with van der Waals surface area (Å²) in [5.74, 6) is 0. The molecular formula is C12H23N. The van der Waals surface area contributed by atoms with Gasteiger partial charge in [0.1, 0.15) is 0 Å². The van der Waals surface area contributed by atoms with Crippen LogP contribution in [0.3, 0.4) is 0 Å². The summed E-state index contributed by atoms with van der Waals surface area (Å²) >= 11 is 0. The molecule has 1 spiro atoms. The van der Waals surface area contributed by atoms with Crippen molar-refractivity contribution in [3.63, 3.8) is 0 Å². The summed E-state index contributed by atoms with van der Waals surface area (Å²) < 4.78 is 0. The molecule has 1 heteroatoms. The summed E-state index contributed by atoms with van der Waals surface area (Å²) in [7, 11) is 0. The summed E-state index contributed by atoms with van der Waals surface area (Å²) in [5.41, 5.74) is 0.752. The molecule has 0 atom stereocenters. The summed E-state index contributed by atoms with van der Waals surface area (Å²) in [5, 5.41) is 0. The van der Waals surface area contributed by atoms with E-state index in [1.165, 1.54) is 51.6 Å². The third-order valence-electron chi connectivity index (χ3n) is 4.11. The molecule has 0 aromatic heterocycles. The second-order valence-corrected chi connectivity index (χ2v) is 5.37. The molecule has 1 aliphatic carbocycles. The van der Waals surface area contributed by atoms with Crippen LogP contribution < -0.4 is 0 Å². The van der Waals surface area contributed by atoms with Gasteiger partial charge in [0, 0.05) is 12.6 Å². The maximum Gasteiger partial charge on any atom is 0.00412 e. The van der Waals surface area contributed by atoms with E-state index in [-0.39, 0.29) is 0 Å². The minimum atomic E-state index is 0.752. The quantitative estimate of drug-likeness (QED) is 0.601. The van der Waals surface area contributed by atoms with Gasteiger partial charge in [0.05, 0.1) is 0 Å². The minimum Gasteiger partial charge on any atom is -0.300 e. The summed E-state index contributed by atoms with van der Waals surface area (Å²) in [4.78, 5) is 2.67. The van der Waals surface area contributed by atoms with E-state index in [2.05, 4.69) is 18.7 Å². The van der Waals surface area contributed by atoms with Crippen LogP contribution in [0.5, 0.6) is 0 Å². The second-order valence-electron chi connectivity index (χ2n) is 5.37. The highest BCUT2D eigenvalue weighted by Gasteiger charge is 2.39. The van der Waals surface area contributed by atoms with Crippen LogP contribution in [0.4, 0.5) is 0 Å². The van der Waals surface area contributed by atoms with Crippen molar-refractivity contribution in [2.24, 2.45) is 5.41 Å². The van der Waals surface area contributed by atoms with E-state index in [1.807, 2.05) is 0 Å². The molecular weight excluding hydrogens is 158 g/mol. The first-order valence-corrected chi connectivity index (χ1v) is 5.96. The van der Waals surface area contributed by atoms with Gasteiger partial charge >= 0.3 is 0 Å². The predicted molar refractivity (Wildman–Crippen MR) is 56.8 cm³/mol. The van der Waals surface area contributed by atoms with Crippen LogP contribution in [0.15, 0.2) is 0 Å². The van der Waals surface area contributed by atoms with Crippen LogP contribution in [-0.2, 0) is 0 Å². The van der Waals surface area contributed by atoms with E-state index in [0.717, 1.165) is 11.5 Å². The first kappa shape index (κ1) is 9.51. The zero-order valence-corrected chi connectivity index (χ0v) is 9.18. The number of likely N-dealkylation sites (tertiary alicyclic amines) is 1. The second kappa shape index (κ2) is 3.61. The molecule has 76 valence electrons. The number of hydrogen-bond acceptors (Lipinski definition) is 1. The average molecular weight is 181 g/mol. The molecule has 0 N–H and O–H groups in total. The molecule has 1 saturated heterocycles. The highest BCUT2D eigenvalue weighted by atomic mass is 15.2. The Morgan fingerprint density at radius 1 is 1.00 bits per heavy atom. The fourth-order valence-corrected chi connectivity index (χ4v) is 3.12. The van der Waals surface area contributed by atoms with Crippen molar-refractivity contribution in [2.75, 3.05) is 13.1 Å². The Labute approximate surface area is 82.5 Å². The third kappa shape index (κ3) is 1.90. The molecule has 1 saturated carbocycles. The van der Waals surface area contributed by atoms with Crippen LogP contribution >= 0.6 is 0 Å². The molecule has 2 fully saturated rings. The lowest BCUT2D eigenvalue weighted by Gasteiger charge is -2.34. The molecule has 1 heterocycles. The Balaban J connectivity index is 1.94. The smallest absolute Gasteiger partial charge is 0.00412 e. The van der Waals surface area contributed by atoms with Crippen molar-refractivity contribution < 1.29 is 0 Å². The van der Waals surface area contributed by atoms with E-state index in [9.17, 15) is 0 Å². The van der Waals surface area contributed by atoms with Gasteiger partial charge in [-0.3, -0.25) is 0 Å². The Kier molecular flexibility index (Phi) is 2.64. The molecule has 0 aromatic carbocycles. The Bertz CT molecular complexity index is 168. The first-order chi connectivity index (χ1) is 6.22. The van der Waals surface area contributed by atoms with Gasteiger partial charge in [-0.1, -0.05) is 19.3 Å². The summed E-state index contributed by atoms with van der Waals surface area (Å²) in [6, 6.07) is 0.765. The predicted octanol–water partition coefficient (Wildman–Crippen LogP) is 3.05. The van der Waals surface area contributed by atoms with Gasteiger partial charge in [-0.05, 0) is 45.1 Å². The maximum atomic E-state index is 2.67. The lowest BCUT2D eigenvalue weighted by molar-refractivity contribution is 0.171. The fourth-order valence-electron chi connectivity index (χ4n) is 3.12. The molecule has 1 aliphatic heterocycles. The van der Waals surface area contributed by atoms with Gasteiger partial charge < -0.3 is 4.90 Å². The lowest BCUT2D eigenvalue weighted by Crippen LogP contribution is -2.33. The molecule has 1 nitrogen and oxygen atoms in total. The lowest BCUT2D eigenvalue weighted by atomic mass is 9.73. The molecule has 2 aliphatic rings. The van der Waals surface area contributed by atoms with Crippen LogP contribution in [0.2, 0.25) is 0 Å². The van der Waals surface area contributed by atoms with Crippen molar-refractivity contribution in [2.45, 2.75) is 58.4 Å². The molecule has 0 amide bonds. The molecule has 0 unspecified atom stereocenters. The van der Waals surface area contributed by atoms with Crippen LogP contribution in [-0.4, -0.2) is 24.0 Å². The number of nitrogens with zero attached hydrogens (tertiary/aromatic N) is 1. The zero-order valence-electron chi connectivity index (χ0n) is 9.18. The third-order valence-corrected chi connectivity index (χ3v) is 4.11. The van der Waals surface area contributed by atoms with Gasteiger partial charge in [-0.25, -0.2) is 0 Å². The Hall–Kier alpha value is -0.0400. The zero-order chi connectivity index (χ0) is 9.31. The monoisotopic (exact) mass is 181 g/mol. The van der Waals surface area contributed by atoms with Crippen molar-refractivity contribution in [1.82, 2.24) is 4.90 Å². The summed E-state index contributed by atoms with van der Waals surface area (Å²) in [6.45, 7) is 7.42. The molecule has 13 heavy (non-hydrogen) atoms. The molecule has 0 bridgehead atoms. The Morgan fingerprint density at radius 3 is 2.23 bits per heavy atom. The topological polar surface area (TPSA) is 3.24 Å². The maximum absolute atomic E-state index is 2.67. The highest BCUT2D eigenvalue weighted by Crippen LogP contribution is 2.43. The fraction of sp³-hybridized carbons (Fsp3) is 1.00. The van der Waals surface area contributed by atoms with Crippen LogP contribution in [0.1, 0.15) is 52.4 Å². The van der Waals surface area contributed by atoms with Crippen molar-refractivity contribution in [3.8, 4) is 0 Å². The molecule has 0 aromatic rings. The van der Waals surface area contributed by atoms with E-state index in [4.69, 9.17) is 0 Å². The van der Waals surface area contributed by atoms with E-state index < -0.39 is 0 Å². The van der Waals surface area contributed by atoms with Crippen molar-refractivity contribution in [3.05, 3.63) is 0 Å². The molecule has 0 radical (unpaired) electrons. The van der Waals surface area contributed by atoms with Crippen molar-refractivity contribution in [1.29, 1.82) is 0 Å².